The molecule has 2 aliphatic heterocycles. The smallest absolute Gasteiger partial charge is 0.151 e. The fourth-order valence-electron chi connectivity index (χ4n) is 4.41. The molecule has 26 heavy (non-hydrogen) atoms. The molecule has 2 aromatic rings. The van der Waals surface area contributed by atoms with Crippen LogP contribution in [0.1, 0.15) is 48.4 Å². The quantitative estimate of drug-likeness (QED) is 0.842. The molecular formula is C20H29N5O. The van der Waals surface area contributed by atoms with Gasteiger partial charge in [0, 0.05) is 25.2 Å². The summed E-state index contributed by atoms with van der Waals surface area (Å²) >= 11 is 0. The Morgan fingerprint density at radius 3 is 2.23 bits per heavy atom. The van der Waals surface area contributed by atoms with Gasteiger partial charge >= 0.3 is 0 Å². The molecule has 140 valence electrons. The molecule has 2 aromatic heterocycles. The average molecular weight is 355 g/mol. The summed E-state index contributed by atoms with van der Waals surface area (Å²) in [6, 6.07) is 4.16. The van der Waals surface area contributed by atoms with Crippen molar-refractivity contribution < 1.29 is 4.52 Å². The molecule has 0 amide bonds. The van der Waals surface area contributed by atoms with Gasteiger partial charge in [0.25, 0.3) is 0 Å². The molecule has 4 rings (SSSR count). The Morgan fingerprint density at radius 1 is 0.962 bits per heavy atom. The number of hydrogen-bond acceptors (Lipinski definition) is 6. The summed E-state index contributed by atoms with van der Waals surface area (Å²) < 4.78 is 5.31. The molecule has 1 spiro atoms. The van der Waals surface area contributed by atoms with Gasteiger partial charge in [-0.2, -0.15) is 5.10 Å². The molecule has 0 bridgehead atoms. The van der Waals surface area contributed by atoms with E-state index >= 15 is 0 Å². The summed E-state index contributed by atoms with van der Waals surface area (Å²) in [6.45, 7) is 11.6. The van der Waals surface area contributed by atoms with Gasteiger partial charge in [-0.15, -0.1) is 5.10 Å². The van der Waals surface area contributed by atoms with E-state index in [0.717, 1.165) is 42.6 Å². The topological polar surface area (TPSA) is 58.3 Å². The van der Waals surface area contributed by atoms with Gasteiger partial charge < -0.3 is 9.42 Å². The monoisotopic (exact) mass is 355 g/mol. The minimum atomic E-state index is 0.518. The van der Waals surface area contributed by atoms with E-state index in [0.29, 0.717) is 5.41 Å². The van der Waals surface area contributed by atoms with Crippen LogP contribution >= 0.6 is 0 Å². The molecule has 2 saturated heterocycles. The van der Waals surface area contributed by atoms with E-state index in [1.807, 2.05) is 20.8 Å². The Morgan fingerprint density at radius 2 is 1.65 bits per heavy atom. The van der Waals surface area contributed by atoms with Crippen LogP contribution in [-0.4, -0.2) is 46.4 Å². The first-order chi connectivity index (χ1) is 12.5. The van der Waals surface area contributed by atoms with Crippen molar-refractivity contribution >= 4 is 5.82 Å². The highest BCUT2D eigenvalue weighted by Crippen LogP contribution is 2.42. The summed E-state index contributed by atoms with van der Waals surface area (Å²) in [5, 5.41) is 12.7. The number of rotatable bonds is 3. The molecule has 0 saturated carbocycles. The number of nitrogens with zero attached hydrogens (tertiary/aromatic N) is 5. The van der Waals surface area contributed by atoms with Crippen molar-refractivity contribution in [1.82, 2.24) is 20.3 Å². The molecule has 2 fully saturated rings. The molecule has 0 aliphatic carbocycles. The first-order valence-corrected chi connectivity index (χ1v) is 9.74. The lowest BCUT2D eigenvalue weighted by Gasteiger charge is -2.47. The lowest BCUT2D eigenvalue weighted by Crippen LogP contribution is -2.47. The predicted octanol–water partition coefficient (Wildman–Crippen LogP) is 3.27. The number of anilines is 1. The van der Waals surface area contributed by atoms with E-state index in [1.54, 1.807) is 0 Å². The molecule has 6 heteroatoms. The molecule has 2 aliphatic rings. The Kier molecular flexibility index (Phi) is 4.69. The van der Waals surface area contributed by atoms with E-state index in [2.05, 4.69) is 37.3 Å². The molecule has 0 atom stereocenters. The average Bonchev–Trinajstić information content (AvgIpc) is 2.97. The Labute approximate surface area is 155 Å². The van der Waals surface area contributed by atoms with E-state index < -0.39 is 0 Å². The lowest BCUT2D eigenvalue weighted by molar-refractivity contribution is 0.0753. The molecule has 4 heterocycles. The van der Waals surface area contributed by atoms with E-state index in [1.165, 1.54) is 44.3 Å². The normalized spacial score (nSPS) is 20.7. The third-order valence-corrected chi connectivity index (χ3v) is 6.41. The second kappa shape index (κ2) is 6.99. The number of hydrogen-bond donors (Lipinski definition) is 0. The van der Waals surface area contributed by atoms with E-state index in [-0.39, 0.29) is 0 Å². The zero-order valence-corrected chi connectivity index (χ0v) is 16.2. The Hall–Kier alpha value is -1.95. The zero-order valence-electron chi connectivity index (χ0n) is 16.2. The standard InChI is InChI=1S/C20H29N5O/c1-15-4-5-19(22-21-15)25-12-8-20(9-13-25)6-10-24(11-7-20)14-18-16(2)23-26-17(18)3/h4-5H,6-14H2,1-3H3. The summed E-state index contributed by atoms with van der Waals surface area (Å²) in [5.41, 5.74) is 3.81. The van der Waals surface area contributed by atoms with Crippen LogP contribution in [0, 0.1) is 26.2 Å². The maximum Gasteiger partial charge on any atom is 0.151 e. The summed E-state index contributed by atoms with van der Waals surface area (Å²) in [6.07, 6.45) is 5.12. The minimum absolute atomic E-state index is 0.518. The van der Waals surface area contributed by atoms with Gasteiger partial charge in [-0.1, -0.05) is 5.16 Å². The van der Waals surface area contributed by atoms with Gasteiger partial charge in [0.1, 0.15) is 5.76 Å². The highest BCUT2D eigenvalue weighted by molar-refractivity contribution is 5.38. The van der Waals surface area contributed by atoms with Gasteiger partial charge in [-0.25, -0.2) is 0 Å². The molecule has 6 nitrogen and oxygen atoms in total. The van der Waals surface area contributed by atoms with E-state index in [4.69, 9.17) is 4.52 Å². The third kappa shape index (κ3) is 3.47. The van der Waals surface area contributed by atoms with Gasteiger partial charge in [-0.3, -0.25) is 4.90 Å². The number of aromatic nitrogens is 3. The number of likely N-dealkylation sites (tertiary alicyclic amines) is 1. The minimum Gasteiger partial charge on any atom is -0.361 e. The molecule has 0 radical (unpaired) electrons. The fourth-order valence-corrected chi connectivity index (χ4v) is 4.41. The van der Waals surface area contributed by atoms with Crippen molar-refractivity contribution in [3.8, 4) is 0 Å². The Bertz CT molecular complexity index is 717. The van der Waals surface area contributed by atoms with E-state index in [9.17, 15) is 0 Å². The van der Waals surface area contributed by atoms with Crippen LogP contribution in [0.2, 0.25) is 0 Å². The first-order valence-electron chi connectivity index (χ1n) is 9.74. The van der Waals surface area contributed by atoms with Crippen molar-refractivity contribution in [2.75, 3.05) is 31.1 Å². The van der Waals surface area contributed by atoms with Crippen LogP contribution in [0.5, 0.6) is 0 Å². The molecule has 0 unspecified atom stereocenters. The fraction of sp³-hybridized carbons (Fsp3) is 0.650. The van der Waals surface area contributed by atoms with Gasteiger partial charge in [0.15, 0.2) is 5.82 Å². The Balaban J connectivity index is 1.31. The lowest BCUT2D eigenvalue weighted by atomic mass is 9.71. The third-order valence-electron chi connectivity index (χ3n) is 6.41. The zero-order chi connectivity index (χ0) is 18.1. The maximum absolute atomic E-state index is 5.31. The van der Waals surface area contributed by atoms with Gasteiger partial charge in [-0.05, 0) is 77.1 Å². The van der Waals surface area contributed by atoms with Crippen molar-refractivity contribution in [3.63, 3.8) is 0 Å². The van der Waals surface area contributed by atoms with Crippen molar-refractivity contribution in [3.05, 3.63) is 34.8 Å². The summed E-state index contributed by atoms with van der Waals surface area (Å²) in [4.78, 5) is 4.96. The van der Waals surface area contributed by atoms with Gasteiger partial charge in [0.2, 0.25) is 0 Å². The highest BCUT2D eigenvalue weighted by Gasteiger charge is 2.38. The summed E-state index contributed by atoms with van der Waals surface area (Å²) in [5.74, 6) is 2.00. The first kappa shape index (κ1) is 17.5. The van der Waals surface area contributed by atoms with Crippen LogP contribution in [0.3, 0.4) is 0 Å². The number of aryl methyl sites for hydroxylation is 3. The van der Waals surface area contributed by atoms with Gasteiger partial charge in [0.05, 0.1) is 11.4 Å². The SMILES string of the molecule is Cc1ccc(N2CCC3(CCN(Cc4c(C)noc4C)CC3)CC2)nn1. The van der Waals surface area contributed by atoms with Crippen LogP contribution in [0.25, 0.3) is 0 Å². The number of piperidine rings is 2. The van der Waals surface area contributed by atoms with Crippen LogP contribution in [0.4, 0.5) is 5.82 Å². The van der Waals surface area contributed by atoms with Crippen LogP contribution in [0.15, 0.2) is 16.7 Å². The van der Waals surface area contributed by atoms with Crippen molar-refractivity contribution in [2.45, 2.75) is 53.0 Å². The second-order valence-electron chi connectivity index (χ2n) is 8.10. The van der Waals surface area contributed by atoms with Crippen molar-refractivity contribution in [1.29, 1.82) is 0 Å². The highest BCUT2D eigenvalue weighted by atomic mass is 16.5. The molecule has 0 N–H and O–H groups in total. The largest absolute Gasteiger partial charge is 0.361 e. The van der Waals surface area contributed by atoms with Crippen LogP contribution in [-0.2, 0) is 6.54 Å². The van der Waals surface area contributed by atoms with Crippen LogP contribution < -0.4 is 4.90 Å². The molecule has 0 aromatic carbocycles. The predicted molar refractivity (Wildman–Crippen MR) is 101 cm³/mol. The molecular weight excluding hydrogens is 326 g/mol. The van der Waals surface area contributed by atoms with Crippen molar-refractivity contribution in [2.24, 2.45) is 5.41 Å². The maximum atomic E-state index is 5.31. The summed E-state index contributed by atoms with van der Waals surface area (Å²) in [7, 11) is 0. The second-order valence-corrected chi connectivity index (χ2v) is 8.10.